The van der Waals surface area contributed by atoms with Gasteiger partial charge in [-0.3, -0.25) is 0 Å². The van der Waals surface area contributed by atoms with Crippen LogP contribution in [0.3, 0.4) is 0 Å². The molecule has 0 saturated heterocycles. The van der Waals surface area contributed by atoms with Crippen molar-refractivity contribution in [3.8, 4) is 0 Å². The van der Waals surface area contributed by atoms with E-state index in [1.54, 1.807) is 0 Å². The first-order valence-electron chi connectivity index (χ1n) is 6.10. The molecule has 0 aromatic rings. The summed E-state index contributed by atoms with van der Waals surface area (Å²) in [4.78, 5) is 11.4. The van der Waals surface area contributed by atoms with Crippen LogP contribution in [0.15, 0.2) is 25.0 Å². The molecule has 96 valence electrons. The summed E-state index contributed by atoms with van der Waals surface area (Å²) in [5, 5.41) is 2.86. The molecule has 0 bridgehead atoms. The molecule has 1 saturated carbocycles. The lowest BCUT2D eigenvalue weighted by Crippen LogP contribution is -2.37. The van der Waals surface area contributed by atoms with Gasteiger partial charge in [0.05, 0.1) is 0 Å². The number of hydrogen-bond donors (Lipinski definition) is 1. The molecule has 1 amide bonds. The van der Waals surface area contributed by atoms with E-state index in [-0.39, 0.29) is 18.7 Å². The van der Waals surface area contributed by atoms with Gasteiger partial charge in [-0.1, -0.05) is 32.4 Å². The Balaban J connectivity index is 2.04. The molecule has 0 atom stereocenters. The average Bonchev–Trinajstić information content (AvgIpc) is 2.35. The molecule has 4 nitrogen and oxygen atoms in total. The third-order valence-electron chi connectivity index (χ3n) is 2.76. The summed E-state index contributed by atoms with van der Waals surface area (Å²) in [7, 11) is 0. The minimum atomic E-state index is -0.357. The molecule has 17 heavy (non-hydrogen) atoms. The summed E-state index contributed by atoms with van der Waals surface area (Å²) in [5.41, 5.74) is 0. The number of carbonyl (C=O) groups is 1. The molecule has 1 N–H and O–H groups in total. The largest absolute Gasteiger partial charge is 0.491 e. The number of allylic oxidation sites excluding steroid dienone is 1. The minimum absolute atomic E-state index is 0.228. The van der Waals surface area contributed by atoms with Gasteiger partial charge in [0, 0.05) is 6.04 Å². The van der Waals surface area contributed by atoms with Crippen LogP contribution in [0.1, 0.15) is 32.1 Å². The molecule has 0 aromatic carbocycles. The number of ether oxygens (including phenoxy) is 2. The van der Waals surface area contributed by atoms with E-state index in [0.717, 1.165) is 12.8 Å². The molecule has 1 aliphatic rings. The molecule has 0 aliphatic heterocycles. The van der Waals surface area contributed by atoms with Crippen LogP contribution in [0.4, 0.5) is 4.79 Å². The van der Waals surface area contributed by atoms with Gasteiger partial charge in [-0.05, 0) is 18.9 Å². The molecular formula is C13H21NO3. The van der Waals surface area contributed by atoms with E-state index in [0.29, 0.717) is 12.4 Å². The molecule has 4 heteroatoms. The first-order valence-corrected chi connectivity index (χ1v) is 6.10. The predicted molar refractivity (Wildman–Crippen MR) is 66.6 cm³/mol. The van der Waals surface area contributed by atoms with Crippen LogP contribution in [-0.2, 0) is 9.47 Å². The Morgan fingerprint density at radius 3 is 2.53 bits per heavy atom. The quantitative estimate of drug-likeness (QED) is 0.440. The maximum absolute atomic E-state index is 11.4. The van der Waals surface area contributed by atoms with Gasteiger partial charge in [0.2, 0.25) is 0 Å². The number of hydrogen-bond acceptors (Lipinski definition) is 3. The number of amides is 1. The van der Waals surface area contributed by atoms with Gasteiger partial charge in [-0.2, -0.15) is 0 Å². The van der Waals surface area contributed by atoms with Crippen molar-refractivity contribution >= 4 is 6.09 Å². The number of carbonyl (C=O) groups excluding carboxylic acids is 1. The Bertz CT molecular complexity index is 270. The monoisotopic (exact) mass is 239 g/mol. The zero-order valence-electron chi connectivity index (χ0n) is 10.2. The zero-order chi connectivity index (χ0) is 12.5. The van der Waals surface area contributed by atoms with Crippen LogP contribution < -0.4 is 5.32 Å². The van der Waals surface area contributed by atoms with Crippen molar-refractivity contribution in [2.75, 3.05) is 13.2 Å². The van der Waals surface area contributed by atoms with Crippen molar-refractivity contribution in [3.05, 3.63) is 25.0 Å². The Morgan fingerprint density at radius 1 is 1.24 bits per heavy atom. The Kier molecular flexibility index (Phi) is 6.22. The van der Waals surface area contributed by atoms with Gasteiger partial charge in [0.25, 0.3) is 0 Å². The maximum atomic E-state index is 11.4. The summed E-state index contributed by atoms with van der Waals surface area (Å²) < 4.78 is 10.1. The van der Waals surface area contributed by atoms with Crippen molar-refractivity contribution in [2.45, 2.75) is 38.1 Å². The fourth-order valence-corrected chi connectivity index (χ4v) is 1.82. The standard InChI is InChI=1S/C13H21NO3/c1-3-11(2)16-9-10-17-13(15)14-12-7-5-4-6-8-12/h3,12H,1-2,4-10H2,(H,14,15). The summed E-state index contributed by atoms with van der Waals surface area (Å²) in [6, 6.07) is 0.278. The minimum Gasteiger partial charge on any atom is -0.491 e. The van der Waals surface area contributed by atoms with Gasteiger partial charge < -0.3 is 14.8 Å². The molecule has 0 heterocycles. The Labute approximate surface area is 103 Å². The molecular weight excluding hydrogens is 218 g/mol. The maximum Gasteiger partial charge on any atom is 0.407 e. The second-order valence-corrected chi connectivity index (χ2v) is 4.13. The molecule has 0 spiro atoms. The van der Waals surface area contributed by atoms with Crippen LogP contribution in [-0.4, -0.2) is 25.3 Å². The number of nitrogens with one attached hydrogen (secondary N) is 1. The second kappa shape index (κ2) is 7.76. The second-order valence-electron chi connectivity index (χ2n) is 4.13. The van der Waals surface area contributed by atoms with Crippen LogP contribution in [0, 0.1) is 0 Å². The highest BCUT2D eigenvalue weighted by molar-refractivity contribution is 5.67. The van der Waals surface area contributed by atoms with E-state index in [1.165, 1.54) is 25.3 Å². The van der Waals surface area contributed by atoms with Gasteiger partial charge >= 0.3 is 6.09 Å². The number of alkyl carbamates (subject to hydrolysis) is 1. The van der Waals surface area contributed by atoms with Crippen LogP contribution >= 0.6 is 0 Å². The fraction of sp³-hybridized carbons (Fsp3) is 0.615. The van der Waals surface area contributed by atoms with Gasteiger partial charge in [-0.25, -0.2) is 4.79 Å². The molecule has 0 aromatic heterocycles. The van der Waals surface area contributed by atoms with Crippen LogP contribution in [0.5, 0.6) is 0 Å². The van der Waals surface area contributed by atoms with Gasteiger partial charge in [-0.15, -0.1) is 0 Å². The molecule has 0 radical (unpaired) electrons. The van der Waals surface area contributed by atoms with E-state index >= 15 is 0 Å². The van der Waals surface area contributed by atoms with Crippen molar-refractivity contribution in [1.82, 2.24) is 5.32 Å². The molecule has 0 unspecified atom stereocenters. The SMILES string of the molecule is C=CC(=C)OCCOC(=O)NC1CCCCC1. The third-order valence-corrected chi connectivity index (χ3v) is 2.76. The summed E-state index contributed by atoms with van der Waals surface area (Å²) in [6.45, 7) is 7.63. The van der Waals surface area contributed by atoms with Crippen molar-refractivity contribution in [2.24, 2.45) is 0 Å². The lowest BCUT2D eigenvalue weighted by Gasteiger charge is -2.22. The van der Waals surface area contributed by atoms with Gasteiger partial charge in [0.15, 0.2) is 0 Å². The first kappa shape index (κ1) is 13.6. The summed E-state index contributed by atoms with van der Waals surface area (Å²) in [5.74, 6) is 0.487. The lowest BCUT2D eigenvalue weighted by atomic mass is 9.96. The third kappa shape index (κ3) is 6.00. The number of rotatable bonds is 6. The topological polar surface area (TPSA) is 47.6 Å². The highest BCUT2D eigenvalue weighted by Gasteiger charge is 2.15. The van der Waals surface area contributed by atoms with Crippen molar-refractivity contribution < 1.29 is 14.3 Å². The molecule has 1 rings (SSSR count). The smallest absolute Gasteiger partial charge is 0.407 e. The lowest BCUT2D eigenvalue weighted by molar-refractivity contribution is 0.103. The summed E-state index contributed by atoms with van der Waals surface area (Å²) in [6.07, 6.45) is 6.91. The summed E-state index contributed by atoms with van der Waals surface area (Å²) >= 11 is 0. The Morgan fingerprint density at radius 2 is 1.88 bits per heavy atom. The van der Waals surface area contributed by atoms with Crippen LogP contribution in [0.25, 0.3) is 0 Å². The predicted octanol–water partition coefficient (Wildman–Crippen LogP) is 2.76. The van der Waals surface area contributed by atoms with E-state index < -0.39 is 0 Å². The first-order chi connectivity index (χ1) is 8.22. The fourth-order valence-electron chi connectivity index (χ4n) is 1.82. The Hall–Kier alpha value is -1.45. The van der Waals surface area contributed by atoms with Crippen LogP contribution in [0.2, 0.25) is 0 Å². The zero-order valence-corrected chi connectivity index (χ0v) is 10.2. The highest BCUT2D eigenvalue weighted by Crippen LogP contribution is 2.17. The molecule has 1 fully saturated rings. The molecule has 1 aliphatic carbocycles. The van der Waals surface area contributed by atoms with E-state index in [2.05, 4.69) is 18.5 Å². The van der Waals surface area contributed by atoms with Crippen molar-refractivity contribution in [3.63, 3.8) is 0 Å². The van der Waals surface area contributed by atoms with Gasteiger partial charge in [0.1, 0.15) is 19.0 Å². The normalized spacial score (nSPS) is 16.0. The highest BCUT2D eigenvalue weighted by atomic mass is 16.6. The average molecular weight is 239 g/mol. The van der Waals surface area contributed by atoms with E-state index in [1.807, 2.05) is 0 Å². The van der Waals surface area contributed by atoms with Crippen molar-refractivity contribution in [1.29, 1.82) is 0 Å². The van der Waals surface area contributed by atoms with E-state index in [9.17, 15) is 4.79 Å². The van der Waals surface area contributed by atoms with E-state index in [4.69, 9.17) is 9.47 Å².